The van der Waals surface area contributed by atoms with E-state index < -0.39 is 0 Å². The Balaban J connectivity index is 1.52. The van der Waals surface area contributed by atoms with Gasteiger partial charge in [0.05, 0.1) is 22.1 Å². The predicted molar refractivity (Wildman–Crippen MR) is 109 cm³/mol. The summed E-state index contributed by atoms with van der Waals surface area (Å²) in [6.45, 7) is 0. The molecule has 0 radical (unpaired) electrons. The second-order valence-electron chi connectivity index (χ2n) is 6.93. The van der Waals surface area contributed by atoms with Gasteiger partial charge >= 0.3 is 0 Å². The Hall–Kier alpha value is -3.40. The Morgan fingerprint density at radius 3 is 1.96 bits per heavy atom. The Kier molecular flexibility index (Phi) is 3.94. The van der Waals surface area contributed by atoms with Crippen LogP contribution in [0.15, 0.2) is 78.9 Å². The maximum Gasteiger partial charge on any atom is 0.111 e. The first kappa shape index (κ1) is 15.8. The van der Waals surface area contributed by atoms with Crippen LogP contribution < -0.4 is 0 Å². The van der Waals surface area contributed by atoms with Crippen LogP contribution in [-0.4, -0.2) is 19.9 Å². The predicted octanol–water partition coefficient (Wildman–Crippen LogP) is 5.01. The fraction of sp³-hybridized carbons (Fsp3) is 0.130. The topological polar surface area (TPSA) is 57.4 Å². The van der Waals surface area contributed by atoms with Crippen LogP contribution >= 0.6 is 0 Å². The lowest BCUT2D eigenvalue weighted by atomic mass is 9.95. The number of hydrogen-bond acceptors (Lipinski definition) is 2. The van der Waals surface area contributed by atoms with Crippen molar-refractivity contribution in [3.63, 3.8) is 0 Å². The highest BCUT2D eigenvalue weighted by molar-refractivity contribution is 5.75. The highest BCUT2D eigenvalue weighted by Crippen LogP contribution is 2.25. The zero-order valence-corrected chi connectivity index (χ0v) is 14.9. The first-order chi connectivity index (χ1) is 13.3. The van der Waals surface area contributed by atoms with Gasteiger partial charge in [-0.25, -0.2) is 9.97 Å². The van der Waals surface area contributed by atoms with Crippen molar-refractivity contribution in [1.29, 1.82) is 0 Å². The number of para-hydroxylation sites is 4. The number of hydrogen-bond donors (Lipinski definition) is 2. The SMILES string of the molecule is c1ccc(C[C@@H](Cc2nc3ccccc3[nH]2)c2nc3ccccc3[nH]2)cc1. The van der Waals surface area contributed by atoms with Crippen LogP contribution in [-0.2, 0) is 12.8 Å². The number of nitrogens with one attached hydrogen (secondary N) is 2. The van der Waals surface area contributed by atoms with Crippen LogP contribution in [0.4, 0.5) is 0 Å². The summed E-state index contributed by atoms with van der Waals surface area (Å²) in [7, 11) is 0. The maximum atomic E-state index is 4.86. The monoisotopic (exact) mass is 352 g/mol. The summed E-state index contributed by atoms with van der Waals surface area (Å²) >= 11 is 0. The summed E-state index contributed by atoms with van der Waals surface area (Å²) < 4.78 is 0. The molecule has 2 aromatic heterocycles. The molecule has 0 saturated carbocycles. The van der Waals surface area contributed by atoms with E-state index in [9.17, 15) is 0 Å². The summed E-state index contributed by atoms with van der Waals surface area (Å²) in [5, 5.41) is 0. The molecule has 4 heteroatoms. The molecule has 4 nitrogen and oxygen atoms in total. The fourth-order valence-corrected chi connectivity index (χ4v) is 3.67. The third-order valence-corrected chi connectivity index (χ3v) is 5.00. The summed E-state index contributed by atoms with van der Waals surface area (Å²) in [6, 6.07) is 26.9. The molecule has 132 valence electrons. The molecule has 27 heavy (non-hydrogen) atoms. The molecule has 0 aliphatic carbocycles. The third-order valence-electron chi connectivity index (χ3n) is 5.00. The van der Waals surface area contributed by atoms with Crippen LogP contribution in [0.25, 0.3) is 22.1 Å². The molecule has 5 rings (SSSR count). The Morgan fingerprint density at radius 1 is 0.630 bits per heavy atom. The van der Waals surface area contributed by atoms with E-state index in [0.29, 0.717) is 0 Å². The molecular weight excluding hydrogens is 332 g/mol. The molecule has 0 amide bonds. The number of rotatable bonds is 5. The molecule has 1 atom stereocenters. The molecular formula is C23H20N4. The van der Waals surface area contributed by atoms with Gasteiger partial charge in [-0.3, -0.25) is 0 Å². The molecule has 2 heterocycles. The molecule has 3 aromatic carbocycles. The van der Waals surface area contributed by atoms with Gasteiger partial charge in [0.25, 0.3) is 0 Å². The highest BCUT2D eigenvalue weighted by Gasteiger charge is 2.19. The third kappa shape index (κ3) is 3.22. The van der Waals surface area contributed by atoms with E-state index in [2.05, 4.69) is 58.5 Å². The van der Waals surface area contributed by atoms with Crippen molar-refractivity contribution in [2.24, 2.45) is 0 Å². The van der Waals surface area contributed by atoms with Crippen molar-refractivity contribution in [3.05, 3.63) is 96.1 Å². The molecule has 0 unspecified atom stereocenters. The van der Waals surface area contributed by atoms with Crippen molar-refractivity contribution < 1.29 is 0 Å². The summed E-state index contributed by atoms with van der Waals surface area (Å²) in [5.41, 5.74) is 5.48. The van der Waals surface area contributed by atoms with Gasteiger partial charge in [0.2, 0.25) is 0 Å². The van der Waals surface area contributed by atoms with Crippen LogP contribution in [0.1, 0.15) is 23.1 Å². The van der Waals surface area contributed by atoms with Gasteiger partial charge in [0, 0.05) is 12.3 Å². The van der Waals surface area contributed by atoms with E-state index in [4.69, 9.17) is 9.97 Å². The molecule has 0 fully saturated rings. The van der Waals surface area contributed by atoms with Gasteiger partial charge < -0.3 is 9.97 Å². The Bertz CT molecular complexity index is 1120. The fourth-order valence-electron chi connectivity index (χ4n) is 3.67. The van der Waals surface area contributed by atoms with E-state index in [1.54, 1.807) is 0 Å². The number of nitrogens with zero attached hydrogens (tertiary/aromatic N) is 2. The second-order valence-corrected chi connectivity index (χ2v) is 6.93. The zero-order valence-electron chi connectivity index (χ0n) is 14.9. The lowest BCUT2D eigenvalue weighted by Gasteiger charge is -2.13. The van der Waals surface area contributed by atoms with E-state index in [0.717, 1.165) is 46.6 Å². The number of benzene rings is 3. The van der Waals surface area contributed by atoms with Crippen LogP contribution in [0.5, 0.6) is 0 Å². The van der Waals surface area contributed by atoms with Crippen molar-refractivity contribution in [1.82, 2.24) is 19.9 Å². The van der Waals surface area contributed by atoms with E-state index in [1.807, 2.05) is 30.3 Å². The minimum absolute atomic E-state index is 0.223. The molecule has 0 bridgehead atoms. The first-order valence-corrected chi connectivity index (χ1v) is 9.27. The molecule has 2 N–H and O–H groups in total. The van der Waals surface area contributed by atoms with Gasteiger partial charge in [-0.1, -0.05) is 54.6 Å². The van der Waals surface area contributed by atoms with Gasteiger partial charge in [-0.15, -0.1) is 0 Å². The van der Waals surface area contributed by atoms with E-state index in [-0.39, 0.29) is 5.92 Å². The van der Waals surface area contributed by atoms with Crippen molar-refractivity contribution in [2.45, 2.75) is 18.8 Å². The first-order valence-electron chi connectivity index (χ1n) is 9.27. The smallest absolute Gasteiger partial charge is 0.111 e. The van der Waals surface area contributed by atoms with E-state index >= 15 is 0 Å². The van der Waals surface area contributed by atoms with Gasteiger partial charge in [-0.2, -0.15) is 0 Å². The van der Waals surface area contributed by atoms with Gasteiger partial charge in [-0.05, 0) is 36.2 Å². The number of aromatic nitrogens is 4. The number of fused-ring (bicyclic) bond motifs is 2. The molecule has 0 spiro atoms. The normalized spacial score (nSPS) is 12.6. The average molecular weight is 352 g/mol. The number of aromatic amines is 2. The highest BCUT2D eigenvalue weighted by atomic mass is 14.9. The standard InChI is InChI=1S/C23H20N4/c1-2-8-16(9-3-1)14-17(23-26-20-12-6-7-13-21(20)27-23)15-22-24-18-10-4-5-11-19(18)25-22/h1-13,17H,14-15H2,(H,24,25)(H,26,27)/t17-/m0/s1. The molecule has 5 aromatic rings. The van der Waals surface area contributed by atoms with Crippen LogP contribution in [0.3, 0.4) is 0 Å². The minimum Gasteiger partial charge on any atom is -0.342 e. The molecule has 0 saturated heterocycles. The number of imidazole rings is 2. The minimum atomic E-state index is 0.223. The van der Waals surface area contributed by atoms with Crippen LogP contribution in [0, 0.1) is 0 Å². The van der Waals surface area contributed by atoms with Gasteiger partial charge in [0.1, 0.15) is 11.6 Å². The summed E-state index contributed by atoms with van der Waals surface area (Å²) in [4.78, 5) is 16.6. The largest absolute Gasteiger partial charge is 0.342 e. The second kappa shape index (κ2) is 6.72. The van der Waals surface area contributed by atoms with E-state index in [1.165, 1.54) is 5.56 Å². The number of H-pyrrole nitrogens is 2. The summed E-state index contributed by atoms with van der Waals surface area (Å²) in [5.74, 6) is 2.23. The quantitative estimate of drug-likeness (QED) is 0.467. The molecule has 0 aliphatic heterocycles. The van der Waals surface area contributed by atoms with Crippen molar-refractivity contribution >= 4 is 22.1 Å². The van der Waals surface area contributed by atoms with Crippen molar-refractivity contribution in [3.8, 4) is 0 Å². The lowest BCUT2D eigenvalue weighted by Crippen LogP contribution is -2.10. The molecule has 0 aliphatic rings. The maximum absolute atomic E-state index is 4.86. The summed E-state index contributed by atoms with van der Waals surface area (Å²) in [6.07, 6.45) is 1.72. The average Bonchev–Trinajstić information content (AvgIpc) is 3.31. The van der Waals surface area contributed by atoms with Crippen LogP contribution in [0.2, 0.25) is 0 Å². The lowest BCUT2D eigenvalue weighted by molar-refractivity contribution is 0.628. The Labute approximate surface area is 157 Å². The van der Waals surface area contributed by atoms with Gasteiger partial charge in [0.15, 0.2) is 0 Å². The zero-order chi connectivity index (χ0) is 18.1. The Morgan fingerprint density at radius 2 is 1.26 bits per heavy atom. The van der Waals surface area contributed by atoms with Crippen molar-refractivity contribution in [2.75, 3.05) is 0 Å².